The highest BCUT2D eigenvalue weighted by molar-refractivity contribution is 5.79. The molecule has 4 unspecified atom stereocenters. The van der Waals surface area contributed by atoms with Crippen molar-refractivity contribution in [3.05, 3.63) is 35.9 Å². The first-order chi connectivity index (χ1) is 10.4. The van der Waals surface area contributed by atoms with Crippen molar-refractivity contribution >= 4 is 5.91 Å². The molecule has 0 spiro atoms. The number of aliphatic hydroxyl groups excluding tert-OH is 1. The Balaban J connectivity index is 1.97. The number of carbonyl (C=O) groups is 1. The van der Waals surface area contributed by atoms with E-state index in [1.165, 1.54) is 0 Å². The van der Waals surface area contributed by atoms with E-state index in [1.807, 2.05) is 32.0 Å². The number of rotatable bonds is 6. The third kappa shape index (κ3) is 4.08. The van der Waals surface area contributed by atoms with Gasteiger partial charge in [-0.15, -0.1) is 0 Å². The molecule has 1 fully saturated rings. The van der Waals surface area contributed by atoms with Gasteiger partial charge in [0.2, 0.25) is 5.91 Å². The van der Waals surface area contributed by atoms with Gasteiger partial charge in [0.05, 0.1) is 18.1 Å². The SMILES string of the molecule is CC1OCCC1C(=O)NCC(C)(Cc1ccccc1)C(C)O. The number of hydrogen-bond acceptors (Lipinski definition) is 3. The molecule has 122 valence electrons. The Morgan fingerprint density at radius 3 is 2.68 bits per heavy atom. The second-order valence-electron chi connectivity index (χ2n) is 6.68. The number of ether oxygens (including phenoxy) is 1. The van der Waals surface area contributed by atoms with Crippen LogP contribution in [0.5, 0.6) is 0 Å². The molecular formula is C18H27NO3. The van der Waals surface area contributed by atoms with Crippen LogP contribution in [0.2, 0.25) is 0 Å². The summed E-state index contributed by atoms with van der Waals surface area (Å²) in [6.45, 7) is 6.85. The normalized spacial score (nSPS) is 25.5. The molecule has 2 rings (SSSR count). The average Bonchev–Trinajstić information content (AvgIpc) is 2.92. The largest absolute Gasteiger partial charge is 0.393 e. The van der Waals surface area contributed by atoms with Gasteiger partial charge in [-0.25, -0.2) is 0 Å². The van der Waals surface area contributed by atoms with E-state index in [0.29, 0.717) is 13.2 Å². The molecule has 2 N–H and O–H groups in total. The molecule has 4 heteroatoms. The summed E-state index contributed by atoms with van der Waals surface area (Å²) >= 11 is 0. The molecule has 1 aromatic carbocycles. The highest BCUT2D eigenvalue weighted by Crippen LogP contribution is 2.27. The average molecular weight is 305 g/mol. The lowest BCUT2D eigenvalue weighted by atomic mass is 9.79. The van der Waals surface area contributed by atoms with Gasteiger partial charge in [0.1, 0.15) is 0 Å². The number of hydrogen-bond donors (Lipinski definition) is 2. The fourth-order valence-corrected chi connectivity index (χ4v) is 2.92. The molecule has 22 heavy (non-hydrogen) atoms. The minimum atomic E-state index is -0.509. The summed E-state index contributed by atoms with van der Waals surface area (Å²) in [4.78, 5) is 12.3. The maximum Gasteiger partial charge on any atom is 0.225 e. The number of carbonyl (C=O) groups excluding carboxylic acids is 1. The quantitative estimate of drug-likeness (QED) is 0.847. The summed E-state index contributed by atoms with van der Waals surface area (Å²) in [5, 5.41) is 13.2. The predicted molar refractivity (Wildman–Crippen MR) is 86.5 cm³/mol. The molecule has 1 saturated heterocycles. The van der Waals surface area contributed by atoms with Gasteiger partial charge in [-0.1, -0.05) is 37.3 Å². The Morgan fingerprint density at radius 1 is 1.45 bits per heavy atom. The third-order valence-corrected chi connectivity index (χ3v) is 4.84. The van der Waals surface area contributed by atoms with Gasteiger partial charge < -0.3 is 15.2 Å². The van der Waals surface area contributed by atoms with Crippen molar-refractivity contribution in [2.75, 3.05) is 13.2 Å². The smallest absolute Gasteiger partial charge is 0.225 e. The van der Waals surface area contributed by atoms with E-state index < -0.39 is 6.10 Å². The van der Waals surface area contributed by atoms with Crippen LogP contribution >= 0.6 is 0 Å². The molecule has 1 heterocycles. The van der Waals surface area contributed by atoms with Crippen LogP contribution in [-0.4, -0.2) is 36.4 Å². The lowest BCUT2D eigenvalue weighted by Crippen LogP contribution is -2.46. The van der Waals surface area contributed by atoms with E-state index in [1.54, 1.807) is 6.92 Å². The maximum atomic E-state index is 12.3. The summed E-state index contributed by atoms with van der Waals surface area (Å²) < 4.78 is 5.45. The minimum absolute atomic E-state index is 0.0214. The van der Waals surface area contributed by atoms with Crippen molar-refractivity contribution in [2.24, 2.45) is 11.3 Å². The van der Waals surface area contributed by atoms with Gasteiger partial charge >= 0.3 is 0 Å². The molecule has 1 aliphatic heterocycles. The second kappa shape index (κ2) is 7.25. The monoisotopic (exact) mass is 305 g/mol. The van der Waals surface area contributed by atoms with E-state index >= 15 is 0 Å². The molecule has 1 aromatic rings. The fourth-order valence-electron chi connectivity index (χ4n) is 2.92. The fraction of sp³-hybridized carbons (Fsp3) is 0.611. The zero-order valence-electron chi connectivity index (χ0n) is 13.7. The van der Waals surface area contributed by atoms with E-state index in [-0.39, 0.29) is 23.3 Å². The molecule has 1 aliphatic rings. The van der Waals surface area contributed by atoms with E-state index in [2.05, 4.69) is 17.4 Å². The second-order valence-corrected chi connectivity index (χ2v) is 6.68. The molecular weight excluding hydrogens is 278 g/mol. The van der Waals surface area contributed by atoms with E-state index in [4.69, 9.17) is 4.74 Å². The highest BCUT2D eigenvalue weighted by Gasteiger charge is 2.34. The Hall–Kier alpha value is -1.39. The maximum absolute atomic E-state index is 12.3. The van der Waals surface area contributed by atoms with E-state index in [0.717, 1.165) is 18.4 Å². The van der Waals surface area contributed by atoms with Crippen LogP contribution in [0.25, 0.3) is 0 Å². The Labute approximate surface area is 132 Å². The van der Waals surface area contributed by atoms with Crippen LogP contribution in [0, 0.1) is 11.3 Å². The lowest BCUT2D eigenvalue weighted by molar-refractivity contribution is -0.127. The van der Waals surface area contributed by atoms with Crippen molar-refractivity contribution < 1.29 is 14.6 Å². The van der Waals surface area contributed by atoms with Crippen LogP contribution < -0.4 is 5.32 Å². The standard InChI is InChI=1S/C18H27NO3/c1-13-16(9-10-22-13)17(21)19-12-18(3,14(2)20)11-15-7-5-4-6-8-15/h4-8,13-14,16,20H,9-12H2,1-3H3,(H,19,21). The number of amides is 1. The van der Waals surface area contributed by atoms with E-state index in [9.17, 15) is 9.90 Å². The Kier molecular flexibility index (Phi) is 5.59. The van der Waals surface area contributed by atoms with Gasteiger partial charge in [-0.2, -0.15) is 0 Å². The molecule has 4 atom stereocenters. The number of benzene rings is 1. The lowest BCUT2D eigenvalue weighted by Gasteiger charge is -2.33. The Morgan fingerprint density at radius 2 is 2.14 bits per heavy atom. The topological polar surface area (TPSA) is 58.6 Å². The number of nitrogens with one attached hydrogen (secondary N) is 1. The van der Waals surface area contributed by atoms with Gasteiger partial charge in [0, 0.05) is 18.6 Å². The van der Waals surface area contributed by atoms with Crippen molar-refractivity contribution in [1.82, 2.24) is 5.32 Å². The van der Waals surface area contributed by atoms with Crippen molar-refractivity contribution in [1.29, 1.82) is 0 Å². The molecule has 0 radical (unpaired) electrons. The molecule has 0 saturated carbocycles. The number of aliphatic hydroxyl groups is 1. The van der Waals surface area contributed by atoms with Gasteiger partial charge in [0.15, 0.2) is 0 Å². The van der Waals surface area contributed by atoms with Crippen molar-refractivity contribution in [3.63, 3.8) is 0 Å². The van der Waals surface area contributed by atoms with Crippen LogP contribution in [0.15, 0.2) is 30.3 Å². The first-order valence-electron chi connectivity index (χ1n) is 8.04. The van der Waals surface area contributed by atoms with Crippen LogP contribution in [0.4, 0.5) is 0 Å². The van der Waals surface area contributed by atoms with Crippen LogP contribution in [0.1, 0.15) is 32.8 Å². The predicted octanol–water partition coefficient (Wildman–Crippen LogP) is 2.16. The van der Waals surface area contributed by atoms with Crippen molar-refractivity contribution in [3.8, 4) is 0 Å². The van der Waals surface area contributed by atoms with Crippen molar-refractivity contribution in [2.45, 2.75) is 45.8 Å². The summed E-state index contributed by atoms with van der Waals surface area (Å²) in [7, 11) is 0. The summed E-state index contributed by atoms with van der Waals surface area (Å²) in [6.07, 6.45) is 0.969. The summed E-state index contributed by atoms with van der Waals surface area (Å²) in [6, 6.07) is 10.1. The summed E-state index contributed by atoms with van der Waals surface area (Å²) in [5.74, 6) is -0.0417. The zero-order chi connectivity index (χ0) is 16.2. The first-order valence-corrected chi connectivity index (χ1v) is 8.04. The van der Waals surface area contributed by atoms with Gasteiger partial charge in [-0.05, 0) is 32.3 Å². The van der Waals surface area contributed by atoms with Crippen LogP contribution in [0.3, 0.4) is 0 Å². The minimum Gasteiger partial charge on any atom is -0.393 e. The van der Waals surface area contributed by atoms with Crippen LogP contribution in [-0.2, 0) is 16.0 Å². The summed E-state index contributed by atoms with van der Waals surface area (Å²) in [5.41, 5.74) is 0.775. The third-order valence-electron chi connectivity index (χ3n) is 4.84. The molecule has 4 nitrogen and oxygen atoms in total. The van der Waals surface area contributed by atoms with Gasteiger partial charge in [-0.3, -0.25) is 4.79 Å². The Bertz CT molecular complexity index is 488. The molecule has 0 aliphatic carbocycles. The highest BCUT2D eigenvalue weighted by atomic mass is 16.5. The van der Waals surface area contributed by atoms with Gasteiger partial charge in [0.25, 0.3) is 0 Å². The molecule has 0 aromatic heterocycles. The first kappa shape index (κ1) is 17.0. The zero-order valence-corrected chi connectivity index (χ0v) is 13.7. The molecule has 1 amide bonds. The molecule has 0 bridgehead atoms.